The van der Waals surface area contributed by atoms with Crippen molar-refractivity contribution in [1.82, 2.24) is 15.1 Å². The number of nitrogens with one attached hydrogen (secondary N) is 1. The van der Waals surface area contributed by atoms with Crippen LogP contribution in [0.4, 0.5) is 19.0 Å². The number of aliphatic hydroxyl groups is 2. The molecule has 5 N–H and O–H groups in total. The molecule has 0 unspecified atom stereocenters. The van der Waals surface area contributed by atoms with E-state index in [2.05, 4.69) is 26.3 Å². The summed E-state index contributed by atoms with van der Waals surface area (Å²) in [5, 5.41) is 33.1. The third kappa shape index (κ3) is 7.38. The topological polar surface area (TPSA) is 152 Å². The maximum atomic E-state index is 12.8. The van der Waals surface area contributed by atoms with Gasteiger partial charge in [0.2, 0.25) is 0 Å². The normalized spacial score (nSPS) is 23.2. The van der Waals surface area contributed by atoms with Crippen LogP contribution in [0, 0.1) is 5.92 Å². The minimum absolute atomic E-state index is 0.00943. The van der Waals surface area contributed by atoms with Crippen molar-refractivity contribution >= 4 is 63.6 Å². The second kappa shape index (κ2) is 11.5. The Labute approximate surface area is 224 Å². The van der Waals surface area contributed by atoms with Crippen LogP contribution in [-0.4, -0.2) is 65.5 Å². The zero-order valence-corrected chi connectivity index (χ0v) is 22.1. The monoisotopic (exact) mass is 603 g/mol. The molecular weight excluding hydrogens is 582 g/mol. The Morgan fingerprint density at radius 1 is 1.41 bits per heavy atom. The number of benzene rings is 1. The third-order valence-corrected chi connectivity index (χ3v) is 7.12. The maximum Gasteiger partial charge on any atom is 0.446 e. The van der Waals surface area contributed by atoms with E-state index < -0.39 is 46.6 Å². The van der Waals surface area contributed by atoms with E-state index in [1.54, 1.807) is 0 Å². The van der Waals surface area contributed by atoms with E-state index in [1.165, 1.54) is 35.9 Å². The van der Waals surface area contributed by atoms with Gasteiger partial charge in [0.15, 0.2) is 5.82 Å². The van der Waals surface area contributed by atoms with E-state index in [4.69, 9.17) is 28.3 Å². The molecule has 1 saturated carbocycles. The molecule has 0 radical (unpaired) electrons. The minimum Gasteiger partial charge on any atom is -0.390 e. The number of allylic oxidation sites excluding steroid dienone is 1. The second-order valence-corrected chi connectivity index (χ2v) is 11.3. The lowest BCUT2D eigenvalue weighted by molar-refractivity contribution is -0.0328. The predicted molar refractivity (Wildman–Crippen MR) is 135 cm³/mol. The first-order valence-corrected chi connectivity index (χ1v) is 13.4. The van der Waals surface area contributed by atoms with Crippen LogP contribution < -0.4 is 10.5 Å². The number of hydrogen-bond donors (Lipinski definition) is 4. The molecule has 1 aromatic carbocycles. The molecule has 0 bridgehead atoms. The van der Waals surface area contributed by atoms with Crippen molar-refractivity contribution in [2.75, 3.05) is 6.61 Å². The summed E-state index contributed by atoms with van der Waals surface area (Å²) < 4.78 is 66.4. The Kier molecular flexibility index (Phi) is 9.22. The van der Waals surface area contributed by atoms with Crippen LogP contribution in [0.1, 0.15) is 13.3 Å². The van der Waals surface area contributed by atoms with Crippen molar-refractivity contribution in [2.45, 2.75) is 42.0 Å². The summed E-state index contributed by atoms with van der Waals surface area (Å²) in [5.74, 6) is -0.692. The lowest BCUT2D eigenvalue weighted by atomic mass is 10.1. The second-order valence-electron chi connectivity index (χ2n) is 8.02. The maximum absolute atomic E-state index is 12.8. The third-order valence-electron chi connectivity index (χ3n) is 5.40. The van der Waals surface area contributed by atoms with Gasteiger partial charge >= 0.3 is 15.8 Å². The van der Waals surface area contributed by atoms with Crippen LogP contribution in [0.15, 0.2) is 39.2 Å². The van der Waals surface area contributed by atoms with Gasteiger partial charge in [0.1, 0.15) is 22.6 Å². The number of alkyl halides is 3. The van der Waals surface area contributed by atoms with E-state index in [1.807, 2.05) is 0 Å². The van der Waals surface area contributed by atoms with Crippen LogP contribution in [0.5, 0.6) is 0 Å². The summed E-state index contributed by atoms with van der Waals surface area (Å²) in [6.07, 6.45) is -2.65. The number of aliphatic imine (C=N–C) groups is 1. The van der Waals surface area contributed by atoms with Crippen molar-refractivity contribution in [3.05, 3.63) is 34.3 Å². The number of halogens is 5. The Hall–Kier alpha value is -1.85. The van der Waals surface area contributed by atoms with Gasteiger partial charge in [-0.15, -0.1) is 0 Å². The molecule has 204 valence electrons. The van der Waals surface area contributed by atoms with Gasteiger partial charge in [0.25, 0.3) is 0 Å². The molecule has 17 heteroatoms. The van der Waals surface area contributed by atoms with Gasteiger partial charge in [-0.3, -0.25) is 4.18 Å². The van der Waals surface area contributed by atoms with Crippen LogP contribution in [0.2, 0.25) is 5.02 Å². The van der Waals surface area contributed by atoms with Crippen molar-refractivity contribution < 1.29 is 36.0 Å². The molecule has 4 atom stereocenters. The van der Waals surface area contributed by atoms with Crippen molar-refractivity contribution in [3.63, 3.8) is 0 Å². The van der Waals surface area contributed by atoms with Crippen molar-refractivity contribution in [3.8, 4) is 11.3 Å². The fourth-order valence-electron chi connectivity index (χ4n) is 3.80. The molecule has 0 spiro atoms. The van der Waals surface area contributed by atoms with Gasteiger partial charge in [-0.05, 0) is 44.0 Å². The van der Waals surface area contributed by atoms with Crippen LogP contribution in [-0.2, 0) is 14.5 Å². The number of thioether (sulfide) groups is 1. The smallest absolute Gasteiger partial charge is 0.390 e. The minimum atomic E-state index is -4.49. The molecule has 10 nitrogen and oxygen atoms in total. The first-order chi connectivity index (χ1) is 17.1. The molecule has 1 aliphatic carbocycles. The zero-order chi connectivity index (χ0) is 27.7. The van der Waals surface area contributed by atoms with Crippen LogP contribution in [0.25, 0.3) is 17.1 Å². The molecule has 1 fully saturated rings. The van der Waals surface area contributed by atoms with Crippen LogP contribution in [0.3, 0.4) is 0 Å². The van der Waals surface area contributed by atoms with E-state index in [0.29, 0.717) is 0 Å². The molecular formula is C20H22Cl2F3N5O5S2. The number of rotatable bonds is 9. The van der Waals surface area contributed by atoms with Gasteiger partial charge in [0, 0.05) is 16.4 Å². The van der Waals surface area contributed by atoms with Gasteiger partial charge in [-0.1, -0.05) is 35.3 Å². The highest BCUT2D eigenvalue weighted by Crippen LogP contribution is 2.41. The predicted octanol–water partition coefficient (Wildman–Crippen LogP) is 3.45. The summed E-state index contributed by atoms with van der Waals surface area (Å²) >= 11 is 12.5. The largest absolute Gasteiger partial charge is 0.446 e. The molecule has 2 aromatic rings. The van der Waals surface area contributed by atoms with Gasteiger partial charge < -0.3 is 15.5 Å². The van der Waals surface area contributed by atoms with Gasteiger partial charge in [-0.25, -0.2) is 10.1 Å². The Morgan fingerprint density at radius 3 is 2.65 bits per heavy atom. The standard InChI is InChI=1S/C20H22Cl2F3N5O5S2/c1-9(21)18(28-13-7-11(16(31)17(13)32)8-35-37(26,33)34)30-19(27-2)14(22)15(29-30)10-4-3-5-12(6-10)36-20(23,24)25/h3-6,11,13,16-17,28,31-32H,2,7-8H2,1H3,(H2,26,33,34)/b18-9+/t11-,13-,16-,17+/m1/s1. The number of hydrogen-bond acceptors (Lipinski definition) is 9. The molecule has 1 heterocycles. The van der Waals surface area contributed by atoms with Gasteiger partial charge in [0.05, 0.1) is 23.8 Å². The Morgan fingerprint density at radius 2 is 2.08 bits per heavy atom. The highest BCUT2D eigenvalue weighted by Gasteiger charge is 2.43. The average molecular weight is 604 g/mol. The highest BCUT2D eigenvalue weighted by atomic mass is 35.5. The molecule has 3 rings (SSSR count). The average Bonchev–Trinajstić information content (AvgIpc) is 3.24. The summed E-state index contributed by atoms with van der Waals surface area (Å²) in [6.45, 7) is 4.50. The van der Waals surface area contributed by atoms with E-state index in [0.717, 1.165) is 0 Å². The Bertz CT molecular complexity index is 1300. The summed E-state index contributed by atoms with van der Waals surface area (Å²) in [7, 11) is -4.26. The van der Waals surface area contributed by atoms with Crippen molar-refractivity contribution in [2.24, 2.45) is 16.0 Å². The summed E-state index contributed by atoms with van der Waals surface area (Å²) in [5.41, 5.74) is -4.13. The molecule has 0 amide bonds. The number of nitrogens with zero attached hydrogens (tertiary/aromatic N) is 3. The molecule has 37 heavy (non-hydrogen) atoms. The highest BCUT2D eigenvalue weighted by molar-refractivity contribution is 8.00. The number of aliphatic hydroxyl groups excluding tert-OH is 2. The number of aromatic nitrogens is 2. The fourth-order valence-corrected chi connectivity index (χ4v) is 5.19. The van der Waals surface area contributed by atoms with Gasteiger partial charge in [-0.2, -0.15) is 31.4 Å². The summed E-state index contributed by atoms with van der Waals surface area (Å²) in [6, 6.07) is 4.65. The zero-order valence-electron chi connectivity index (χ0n) is 19.0. The number of nitrogens with two attached hydrogens (primary N) is 1. The Balaban J connectivity index is 1.93. The molecule has 1 aromatic heterocycles. The molecule has 0 aliphatic heterocycles. The lowest BCUT2D eigenvalue weighted by Crippen LogP contribution is -2.40. The molecule has 0 saturated heterocycles. The summed E-state index contributed by atoms with van der Waals surface area (Å²) in [4.78, 5) is 3.79. The van der Waals surface area contributed by atoms with E-state index in [-0.39, 0.29) is 56.0 Å². The fraction of sp³-hybridized carbons (Fsp3) is 0.400. The molecule has 1 aliphatic rings. The van der Waals surface area contributed by atoms with Crippen molar-refractivity contribution in [1.29, 1.82) is 0 Å². The first kappa shape index (κ1) is 29.7. The van der Waals surface area contributed by atoms with E-state index >= 15 is 0 Å². The SMILES string of the molecule is C=Nc1c(Cl)c(-c2cccc(SC(F)(F)F)c2)nn1/C(N[C@@H]1C[C@H](COS(N)(=O)=O)[C@@H](O)[C@H]1O)=C(\C)Cl. The van der Waals surface area contributed by atoms with Crippen LogP contribution >= 0.6 is 35.0 Å². The van der Waals surface area contributed by atoms with E-state index in [9.17, 15) is 31.8 Å². The first-order valence-electron chi connectivity index (χ1n) is 10.4. The lowest BCUT2D eigenvalue weighted by Gasteiger charge is -2.22. The quantitative estimate of drug-likeness (QED) is 0.251.